The number of hydrogen-bond acceptors (Lipinski definition) is 4. The fraction of sp³-hybridized carbons (Fsp3) is 0.227. The van der Waals surface area contributed by atoms with E-state index in [2.05, 4.69) is 10.9 Å². The fourth-order valence-electron chi connectivity index (χ4n) is 3.10. The molecule has 0 saturated heterocycles. The summed E-state index contributed by atoms with van der Waals surface area (Å²) in [4.78, 5) is 38.9. The molecule has 1 aliphatic rings. The number of aryl methyl sites for hydroxylation is 1. The second kappa shape index (κ2) is 9.43. The molecule has 0 unspecified atom stereocenters. The van der Waals surface area contributed by atoms with E-state index in [9.17, 15) is 14.4 Å². The maximum Gasteiger partial charge on any atom is 0.248 e. The molecule has 0 saturated carbocycles. The highest BCUT2D eigenvalue weighted by atomic mass is 32.2. The molecule has 0 aromatic heterocycles. The minimum atomic E-state index is -0.410. The van der Waals surface area contributed by atoms with Crippen molar-refractivity contribution in [1.29, 1.82) is 0 Å². The van der Waals surface area contributed by atoms with Gasteiger partial charge in [0.05, 0.1) is 18.2 Å². The lowest BCUT2D eigenvalue weighted by molar-refractivity contribution is -0.131. The highest BCUT2D eigenvalue weighted by molar-refractivity contribution is 8.00. The van der Waals surface area contributed by atoms with Gasteiger partial charge in [0.15, 0.2) is 0 Å². The molecule has 1 aliphatic heterocycles. The third-order valence-electron chi connectivity index (χ3n) is 4.58. The van der Waals surface area contributed by atoms with Crippen molar-refractivity contribution in [1.82, 2.24) is 15.8 Å². The summed E-state index contributed by atoms with van der Waals surface area (Å²) in [6.07, 6.45) is 3.60. The average molecular weight is 410 g/mol. The van der Waals surface area contributed by atoms with Crippen LogP contribution in [-0.4, -0.2) is 28.4 Å². The molecule has 2 aromatic rings. The Hall–Kier alpha value is -3.06. The van der Waals surface area contributed by atoms with Gasteiger partial charge in [-0.15, -0.1) is 11.8 Å². The summed E-state index contributed by atoms with van der Waals surface area (Å²) in [6.45, 7) is 3.47. The van der Waals surface area contributed by atoms with Gasteiger partial charge in [0.2, 0.25) is 17.7 Å². The van der Waals surface area contributed by atoms with Crippen LogP contribution in [0.2, 0.25) is 0 Å². The number of hydrazine groups is 1. The maximum absolute atomic E-state index is 12.4. The normalized spacial score (nSPS) is 14.8. The lowest BCUT2D eigenvalue weighted by Gasteiger charge is -2.32. The van der Waals surface area contributed by atoms with Crippen molar-refractivity contribution in [2.75, 3.05) is 5.75 Å². The molecular formula is C22H23N3O3S. The van der Waals surface area contributed by atoms with Gasteiger partial charge in [-0.05, 0) is 36.3 Å². The SMILES string of the molecule is CC(=O)N1C=Cc2ccccc2[C@H]1CC(=O)NNC(=O)CSc1ccc(C)cc1. The van der Waals surface area contributed by atoms with Crippen LogP contribution in [0.1, 0.15) is 36.1 Å². The number of hydrogen-bond donors (Lipinski definition) is 2. The van der Waals surface area contributed by atoms with E-state index in [1.54, 1.807) is 6.20 Å². The molecule has 0 bridgehead atoms. The van der Waals surface area contributed by atoms with E-state index in [0.717, 1.165) is 21.6 Å². The molecule has 6 nitrogen and oxygen atoms in total. The molecule has 3 amide bonds. The molecule has 0 radical (unpaired) electrons. The standard InChI is InChI=1S/C22H23N3O3S/c1-15-7-9-18(10-8-15)29-14-22(28)24-23-21(27)13-20-19-6-4-3-5-17(19)11-12-25(20)16(2)26/h3-12,20H,13-14H2,1-2H3,(H,23,27)(H,24,28)/t20-/m1/s1. The third-order valence-corrected chi connectivity index (χ3v) is 5.59. The van der Waals surface area contributed by atoms with Crippen molar-refractivity contribution in [3.8, 4) is 0 Å². The van der Waals surface area contributed by atoms with Crippen molar-refractivity contribution in [2.24, 2.45) is 0 Å². The number of nitrogens with one attached hydrogen (secondary N) is 2. The molecule has 0 fully saturated rings. The highest BCUT2D eigenvalue weighted by Crippen LogP contribution is 2.32. The van der Waals surface area contributed by atoms with Gasteiger partial charge in [0.1, 0.15) is 0 Å². The summed E-state index contributed by atoms with van der Waals surface area (Å²) in [5.41, 5.74) is 7.93. The van der Waals surface area contributed by atoms with Crippen LogP contribution in [0.25, 0.3) is 6.08 Å². The zero-order chi connectivity index (χ0) is 20.8. The Kier molecular flexibility index (Phi) is 6.72. The maximum atomic E-state index is 12.4. The van der Waals surface area contributed by atoms with E-state index in [1.165, 1.54) is 23.6 Å². The van der Waals surface area contributed by atoms with E-state index in [-0.39, 0.29) is 29.9 Å². The summed E-state index contributed by atoms with van der Waals surface area (Å²) in [5.74, 6) is -0.610. The van der Waals surface area contributed by atoms with E-state index >= 15 is 0 Å². The summed E-state index contributed by atoms with van der Waals surface area (Å²) in [6, 6.07) is 15.1. The number of amides is 3. The summed E-state index contributed by atoms with van der Waals surface area (Å²) in [7, 11) is 0. The van der Waals surface area contributed by atoms with Crippen LogP contribution in [-0.2, 0) is 14.4 Å². The van der Waals surface area contributed by atoms with Crippen LogP contribution < -0.4 is 10.9 Å². The molecule has 29 heavy (non-hydrogen) atoms. The molecule has 2 N–H and O–H groups in total. The number of nitrogens with zero attached hydrogens (tertiary/aromatic N) is 1. The minimum Gasteiger partial charge on any atom is -0.311 e. The minimum absolute atomic E-state index is 0.0479. The predicted octanol–water partition coefficient (Wildman–Crippen LogP) is 3.20. The van der Waals surface area contributed by atoms with Crippen LogP contribution >= 0.6 is 11.8 Å². The first-order chi connectivity index (χ1) is 13.9. The molecular weight excluding hydrogens is 386 g/mol. The van der Waals surface area contributed by atoms with Crippen molar-refractivity contribution in [3.05, 3.63) is 71.4 Å². The second-order valence-electron chi connectivity index (χ2n) is 6.79. The topological polar surface area (TPSA) is 78.5 Å². The Bertz CT molecular complexity index is 941. The zero-order valence-corrected chi connectivity index (χ0v) is 17.2. The second-order valence-corrected chi connectivity index (χ2v) is 7.84. The fourth-order valence-corrected chi connectivity index (χ4v) is 3.80. The molecule has 150 valence electrons. The number of thioether (sulfide) groups is 1. The molecule has 1 atom stereocenters. The van der Waals surface area contributed by atoms with Crippen molar-refractivity contribution in [3.63, 3.8) is 0 Å². The van der Waals surface area contributed by atoms with Crippen LogP contribution in [0.4, 0.5) is 0 Å². The monoisotopic (exact) mass is 409 g/mol. The van der Waals surface area contributed by atoms with Crippen LogP contribution in [0.5, 0.6) is 0 Å². The molecule has 3 rings (SSSR count). The van der Waals surface area contributed by atoms with Gasteiger partial charge < -0.3 is 4.90 Å². The van der Waals surface area contributed by atoms with Crippen molar-refractivity contribution in [2.45, 2.75) is 31.2 Å². The van der Waals surface area contributed by atoms with Gasteiger partial charge in [-0.2, -0.15) is 0 Å². The number of benzene rings is 2. The lowest BCUT2D eigenvalue weighted by Crippen LogP contribution is -2.44. The first-order valence-electron chi connectivity index (χ1n) is 9.27. The van der Waals surface area contributed by atoms with Crippen LogP contribution in [0, 0.1) is 6.92 Å². The van der Waals surface area contributed by atoms with Gasteiger partial charge in [-0.3, -0.25) is 25.2 Å². The van der Waals surface area contributed by atoms with E-state index in [1.807, 2.05) is 61.5 Å². The Labute approximate surface area is 174 Å². The summed E-state index contributed by atoms with van der Waals surface area (Å²) < 4.78 is 0. The smallest absolute Gasteiger partial charge is 0.248 e. The molecule has 2 aromatic carbocycles. The molecule has 0 spiro atoms. The summed E-state index contributed by atoms with van der Waals surface area (Å²) in [5, 5.41) is 0. The predicted molar refractivity (Wildman–Crippen MR) is 114 cm³/mol. The van der Waals surface area contributed by atoms with Gasteiger partial charge in [0, 0.05) is 18.0 Å². The number of carbonyl (C=O) groups excluding carboxylic acids is 3. The number of fused-ring (bicyclic) bond motifs is 1. The van der Waals surface area contributed by atoms with Crippen molar-refractivity contribution >= 4 is 35.6 Å². The Morgan fingerprint density at radius 2 is 1.69 bits per heavy atom. The first kappa shape index (κ1) is 20.7. The Morgan fingerprint density at radius 1 is 1.00 bits per heavy atom. The summed E-state index contributed by atoms with van der Waals surface area (Å²) >= 11 is 1.39. The first-order valence-corrected chi connectivity index (χ1v) is 10.3. The Balaban J connectivity index is 1.53. The quantitative estimate of drug-likeness (QED) is 0.587. The average Bonchev–Trinajstić information content (AvgIpc) is 2.72. The Morgan fingerprint density at radius 3 is 2.41 bits per heavy atom. The van der Waals surface area contributed by atoms with Crippen molar-refractivity contribution < 1.29 is 14.4 Å². The van der Waals surface area contributed by atoms with Gasteiger partial charge >= 0.3 is 0 Å². The van der Waals surface area contributed by atoms with Gasteiger partial charge in [-0.1, -0.05) is 42.0 Å². The largest absolute Gasteiger partial charge is 0.311 e. The number of rotatable bonds is 5. The van der Waals surface area contributed by atoms with Crippen LogP contribution in [0.15, 0.2) is 59.6 Å². The molecule has 1 heterocycles. The van der Waals surface area contributed by atoms with E-state index < -0.39 is 6.04 Å². The van der Waals surface area contributed by atoms with Gasteiger partial charge in [-0.25, -0.2) is 0 Å². The van der Waals surface area contributed by atoms with E-state index in [0.29, 0.717) is 0 Å². The zero-order valence-electron chi connectivity index (χ0n) is 16.3. The van der Waals surface area contributed by atoms with Crippen LogP contribution in [0.3, 0.4) is 0 Å². The lowest BCUT2D eigenvalue weighted by atomic mass is 9.93. The third kappa shape index (κ3) is 5.48. The highest BCUT2D eigenvalue weighted by Gasteiger charge is 2.28. The molecule has 7 heteroatoms. The van der Waals surface area contributed by atoms with E-state index in [4.69, 9.17) is 0 Å². The van der Waals surface area contributed by atoms with Gasteiger partial charge in [0.25, 0.3) is 0 Å². The molecule has 0 aliphatic carbocycles. The number of carbonyl (C=O) groups is 3.